The van der Waals surface area contributed by atoms with Crippen LogP contribution in [0.1, 0.15) is 5.56 Å². The van der Waals surface area contributed by atoms with E-state index >= 15 is 0 Å². The van der Waals surface area contributed by atoms with Crippen LogP contribution in [0.4, 0.5) is 22.0 Å². The normalized spacial score (nSPS) is 12.0. The van der Waals surface area contributed by atoms with E-state index in [4.69, 9.17) is 0 Å². The van der Waals surface area contributed by atoms with Crippen LogP contribution in [0.25, 0.3) is 0 Å². The first-order valence-corrected chi connectivity index (χ1v) is 5.32. The lowest BCUT2D eigenvalue weighted by molar-refractivity contribution is -0.142. The Kier molecular flexibility index (Phi) is 4.17. The van der Waals surface area contributed by atoms with E-state index in [1.165, 1.54) is 6.07 Å². The van der Waals surface area contributed by atoms with E-state index in [0.29, 0.717) is 0 Å². The van der Waals surface area contributed by atoms with Gasteiger partial charge in [0.1, 0.15) is 11.3 Å². The third-order valence-corrected chi connectivity index (χ3v) is 3.57. The zero-order chi connectivity index (χ0) is 12.5. The Balaban J connectivity index is 3.33. The van der Waals surface area contributed by atoms with E-state index in [1.807, 2.05) is 0 Å². The number of alkyl halides is 5. The highest BCUT2D eigenvalue weighted by molar-refractivity contribution is 9.13. The fourth-order valence-corrected chi connectivity index (χ4v) is 1.87. The van der Waals surface area contributed by atoms with Gasteiger partial charge in [-0.1, -0.05) is 0 Å². The lowest BCUT2D eigenvalue weighted by atomic mass is 10.2. The van der Waals surface area contributed by atoms with Gasteiger partial charge in [-0.05, 0) is 44.0 Å². The Morgan fingerprint density at radius 1 is 1.12 bits per heavy atom. The van der Waals surface area contributed by atoms with Gasteiger partial charge in [0.25, 0.3) is 0 Å². The summed E-state index contributed by atoms with van der Waals surface area (Å²) < 4.78 is 65.0. The second kappa shape index (κ2) is 4.87. The van der Waals surface area contributed by atoms with Crippen molar-refractivity contribution in [3.8, 4) is 5.75 Å². The Labute approximate surface area is 104 Å². The molecule has 0 aliphatic rings. The molecule has 1 aromatic carbocycles. The van der Waals surface area contributed by atoms with Crippen LogP contribution in [-0.2, 0) is 6.18 Å². The maximum absolute atomic E-state index is 12.6. The van der Waals surface area contributed by atoms with Crippen LogP contribution < -0.4 is 4.74 Å². The molecule has 1 aromatic rings. The van der Waals surface area contributed by atoms with Crippen LogP contribution in [-0.4, -0.2) is 6.61 Å². The molecule has 0 N–H and O–H groups in total. The summed E-state index contributed by atoms with van der Waals surface area (Å²) in [5.74, 6) is -0.919. The first-order valence-electron chi connectivity index (χ1n) is 3.73. The Morgan fingerprint density at radius 3 is 2.12 bits per heavy atom. The quantitative estimate of drug-likeness (QED) is 0.678. The zero-order valence-corrected chi connectivity index (χ0v) is 10.5. The van der Waals surface area contributed by atoms with Crippen LogP contribution in [0.15, 0.2) is 21.1 Å². The highest BCUT2D eigenvalue weighted by atomic mass is 79.9. The number of halogens is 7. The van der Waals surface area contributed by atoms with Crippen LogP contribution >= 0.6 is 31.9 Å². The maximum Gasteiger partial charge on any atom is 0.421 e. The molecule has 0 saturated heterocycles. The van der Waals surface area contributed by atoms with Crippen molar-refractivity contribution in [1.29, 1.82) is 0 Å². The summed E-state index contributed by atoms with van der Waals surface area (Å²) >= 11 is 5.51. The largest absolute Gasteiger partial charge is 0.434 e. The monoisotopic (exact) mass is 368 g/mol. The second-order valence-electron chi connectivity index (χ2n) is 2.61. The molecule has 0 saturated carbocycles. The van der Waals surface area contributed by atoms with E-state index in [9.17, 15) is 22.0 Å². The summed E-state index contributed by atoms with van der Waals surface area (Å²) in [6.07, 6.45) is -4.78. The lowest BCUT2D eigenvalue weighted by Gasteiger charge is -2.15. The van der Waals surface area contributed by atoms with Crippen molar-refractivity contribution in [3.63, 3.8) is 0 Å². The van der Waals surface area contributed by atoms with Gasteiger partial charge in [0.15, 0.2) is 0 Å². The summed E-state index contributed by atoms with van der Waals surface area (Å²) in [6, 6.07) is 2.00. The smallest absolute Gasteiger partial charge is 0.421 e. The van der Waals surface area contributed by atoms with Crippen LogP contribution in [0.3, 0.4) is 0 Å². The van der Waals surface area contributed by atoms with Gasteiger partial charge in [0, 0.05) is 8.95 Å². The maximum atomic E-state index is 12.6. The second-order valence-corrected chi connectivity index (χ2v) is 4.26. The topological polar surface area (TPSA) is 9.23 Å². The van der Waals surface area contributed by atoms with Crippen molar-refractivity contribution in [2.24, 2.45) is 0 Å². The molecule has 8 heteroatoms. The minimum absolute atomic E-state index is 0.0986. The molecule has 0 atom stereocenters. The minimum atomic E-state index is -4.78. The average Bonchev–Trinajstić information content (AvgIpc) is 2.08. The van der Waals surface area contributed by atoms with E-state index < -0.39 is 24.1 Å². The van der Waals surface area contributed by atoms with Crippen molar-refractivity contribution in [1.82, 2.24) is 0 Å². The standard InChI is InChI=1S/C8H3Br2F5O/c9-3-1-2-4(16-7(11)12)5(6(3)10)8(13,14)15/h1-2,7H. The molecule has 1 rings (SSSR count). The van der Waals surface area contributed by atoms with Gasteiger partial charge in [-0.3, -0.25) is 0 Å². The number of hydrogen-bond donors (Lipinski definition) is 0. The van der Waals surface area contributed by atoms with Gasteiger partial charge in [-0.2, -0.15) is 22.0 Å². The van der Waals surface area contributed by atoms with Gasteiger partial charge in [-0.15, -0.1) is 0 Å². The van der Waals surface area contributed by atoms with Crippen molar-refractivity contribution >= 4 is 31.9 Å². The van der Waals surface area contributed by atoms with Crippen molar-refractivity contribution in [2.45, 2.75) is 12.8 Å². The van der Waals surface area contributed by atoms with Crippen LogP contribution in [0, 0.1) is 0 Å². The van der Waals surface area contributed by atoms with Crippen molar-refractivity contribution < 1.29 is 26.7 Å². The zero-order valence-electron chi connectivity index (χ0n) is 7.29. The molecule has 0 unspecified atom stereocenters. The molecule has 0 aliphatic heterocycles. The first kappa shape index (κ1) is 13.7. The Morgan fingerprint density at radius 2 is 1.69 bits per heavy atom. The van der Waals surface area contributed by atoms with Crippen molar-refractivity contribution in [2.75, 3.05) is 0 Å². The Bertz CT molecular complexity index is 391. The van der Waals surface area contributed by atoms with Crippen molar-refractivity contribution in [3.05, 3.63) is 26.6 Å². The average molecular weight is 370 g/mol. The molecule has 1 nitrogen and oxygen atoms in total. The fraction of sp³-hybridized carbons (Fsp3) is 0.250. The van der Waals surface area contributed by atoms with Crippen LogP contribution in [0.5, 0.6) is 5.75 Å². The van der Waals surface area contributed by atoms with Crippen LogP contribution in [0.2, 0.25) is 0 Å². The fourth-order valence-electron chi connectivity index (χ4n) is 0.991. The lowest BCUT2D eigenvalue weighted by Crippen LogP contribution is -2.12. The Hall–Kier alpha value is -0.370. The predicted molar refractivity (Wildman–Crippen MR) is 53.5 cm³/mol. The molecule has 0 heterocycles. The SMILES string of the molecule is FC(F)Oc1ccc(Br)c(Br)c1C(F)(F)F. The molecule has 0 spiro atoms. The molecule has 16 heavy (non-hydrogen) atoms. The van der Waals surface area contributed by atoms with E-state index in [-0.39, 0.29) is 8.95 Å². The summed E-state index contributed by atoms with van der Waals surface area (Å²) in [4.78, 5) is 0. The third-order valence-electron chi connectivity index (χ3n) is 1.56. The van der Waals surface area contributed by atoms with Gasteiger partial charge in [0.05, 0.1) is 0 Å². The van der Waals surface area contributed by atoms with E-state index in [0.717, 1.165) is 6.07 Å². The first-order chi connectivity index (χ1) is 7.23. The molecule has 0 aliphatic carbocycles. The minimum Gasteiger partial charge on any atom is -0.434 e. The molecular weight excluding hydrogens is 367 g/mol. The van der Waals surface area contributed by atoms with E-state index in [2.05, 4.69) is 36.6 Å². The highest BCUT2D eigenvalue weighted by Crippen LogP contribution is 2.44. The summed E-state index contributed by atoms with van der Waals surface area (Å²) in [5, 5.41) is 0. The van der Waals surface area contributed by atoms with Gasteiger partial charge >= 0.3 is 12.8 Å². The predicted octanol–water partition coefficient (Wildman–Crippen LogP) is 4.83. The third kappa shape index (κ3) is 3.07. The summed E-state index contributed by atoms with van der Waals surface area (Å²) in [5.41, 5.74) is -1.28. The van der Waals surface area contributed by atoms with Gasteiger partial charge in [0.2, 0.25) is 0 Å². The molecule has 0 radical (unpaired) electrons. The molecule has 0 fully saturated rings. The molecular formula is C8H3Br2F5O. The number of benzene rings is 1. The number of rotatable bonds is 2. The van der Waals surface area contributed by atoms with Gasteiger partial charge in [-0.25, -0.2) is 0 Å². The molecule has 0 aromatic heterocycles. The molecule has 90 valence electrons. The van der Waals surface area contributed by atoms with E-state index in [1.54, 1.807) is 0 Å². The molecule has 0 bridgehead atoms. The summed E-state index contributed by atoms with van der Waals surface area (Å²) in [7, 11) is 0. The number of hydrogen-bond acceptors (Lipinski definition) is 1. The summed E-state index contributed by atoms with van der Waals surface area (Å²) in [6.45, 7) is -3.31. The molecule has 0 amide bonds. The number of ether oxygens (including phenoxy) is 1. The highest BCUT2D eigenvalue weighted by Gasteiger charge is 2.38. The van der Waals surface area contributed by atoms with Gasteiger partial charge < -0.3 is 4.74 Å².